The van der Waals surface area contributed by atoms with Crippen molar-refractivity contribution in [2.24, 2.45) is 11.8 Å². The molecule has 1 aromatic rings. The molecule has 0 heterocycles. The first-order chi connectivity index (χ1) is 12.3. The third-order valence-electron chi connectivity index (χ3n) is 5.00. The molecule has 0 bridgehead atoms. The number of alkyl halides is 2. The molecule has 5 nitrogen and oxygen atoms in total. The summed E-state index contributed by atoms with van der Waals surface area (Å²) in [5.41, 5.74) is 0.158. The number of carbonyl (C=O) groups excluding carboxylic acids is 2. The number of amides is 1. The zero-order valence-corrected chi connectivity index (χ0v) is 15.2. The van der Waals surface area contributed by atoms with Gasteiger partial charge in [0.2, 0.25) is 0 Å². The monoisotopic (exact) mass is 369 g/mol. The van der Waals surface area contributed by atoms with E-state index >= 15 is 0 Å². The molecule has 0 aliphatic heterocycles. The van der Waals surface area contributed by atoms with Gasteiger partial charge in [-0.1, -0.05) is 26.7 Å². The van der Waals surface area contributed by atoms with Crippen molar-refractivity contribution in [3.8, 4) is 5.75 Å². The molecule has 1 N–H and O–H groups in total. The molecule has 1 aliphatic carbocycles. The van der Waals surface area contributed by atoms with Gasteiger partial charge in [0.15, 0.2) is 6.10 Å². The lowest BCUT2D eigenvalue weighted by atomic mass is 9.78. The van der Waals surface area contributed by atoms with Gasteiger partial charge in [-0.2, -0.15) is 8.78 Å². The van der Waals surface area contributed by atoms with E-state index in [1.165, 1.54) is 31.2 Å². The largest absolute Gasteiger partial charge is 0.449 e. The summed E-state index contributed by atoms with van der Waals surface area (Å²) in [6.45, 7) is 2.88. The molecule has 26 heavy (non-hydrogen) atoms. The summed E-state index contributed by atoms with van der Waals surface area (Å²) in [5.74, 6) is -0.162. The molecule has 4 atom stereocenters. The van der Waals surface area contributed by atoms with E-state index in [4.69, 9.17) is 4.74 Å². The second-order valence-corrected chi connectivity index (χ2v) is 6.83. The smallest absolute Gasteiger partial charge is 0.387 e. The third kappa shape index (κ3) is 5.41. The third-order valence-corrected chi connectivity index (χ3v) is 5.00. The number of rotatable bonds is 6. The van der Waals surface area contributed by atoms with Crippen LogP contribution in [0.3, 0.4) is 0 Å². The Hall–Kier alpha value is -2.18. The highest BCUT2D eigenvalue weighted by Crippen LogP contribution is 2.29. The van der Waals surface area contributed by atoms with Crippen LogP contribution in [0.2, 0.25) is 0 Å². The zero-order valence-electron chi connectivity index (χ0n) is 15.2. The van der Waals surface area contributed by atoms with E-state index in [2.05, 4.69) is 23.9 Å². The number of carbonyl (C=O) groups is 2. The average Bonchev–Trinajstić information content (AvgIpc) is 2.59. The predicted molar refractivity (Wildman–Crippen MR) is 92.1 cm³/mol. The van der Waals surface area contributed by atoms with Crippen LogP contribution in [0.5, 0.6) is 5.75 Å². The van der Waals surface area contributed by atoms with Crippen LogP contribution >= 0.6 is 0 Å². The van der Waals surface area contributed by atoms with E-state index < -0.39 is 18.7 Å². The molecule has 7 heteroatoms. The Balaban J connectivity index is 1.88. The van der Waals surface area contributed by atoms with Crippen molar-refractivity contribution in [3.63, 3.8) is 0 Å². The second-order valence-electron chi connectivity index (χ2n) is 6.83. The highest BCUT2D eigenvalue weighted by Gasteiger charge is 2.30. The van der Waals surface area contributed by atoms with Crippen molar-refractivity contribution < 1.29 is 27.8 Å². The van der Waals surface area contributed by atoms with Crippen LogP contribution in [-0.4, -0.2) is 30.6 Å². The SMILES string of the molecule is C[C@@H]1[C@H](C)CCC[C@H]1NC(=O)[C@@H](C)OC(=O)c1ccc(OC(F)F)cc1. The summed E-state index contributed by atoms with van der Waals surface area (Å²) < 4.78 is 33.7. The predicted octanol–water partition coefficient (Wildman–Crippen LogP) is 3.77. The van der Waals surface area contributed by atoms with Gasteiger partial charge >= 0.3 is 12.6 Å². The quantitative estimate of drug-likeness (QED) is 0.775. The van der Waals surface area contributed by atoms with E-state index in [-0.39, 0.29) is 23.3 Å². The average molecular weight is 369 g/mol. The summed E-state index contributed by atoms with van der Waals surface area (Å²) in [4.78, 5) is 24.4. The summed E-state index contributed by atoms with van der Waals surface area (Å²) >= 11 is 0. The van der Waals surface area contributed by atoms with Crippen LogP contribution in [0, 0.1) is 11.8 Å². The number of benzene rings is 1. The van der Waals surface area contributed by atoms with Crippen LogP contribution in [0.25, 0.3) is 0 Å². The molecule has 0 aromatic heterocycles. The van der Waals surface area contributed by atoms with Crippen molar-refractivity contribution in [2.75, 3.05) is 0 Å². The van der Waals surface area contributed by atoms with Gasteiger partial charge in [0.05, 0.1) is 5.56 Å². The number of hydrogen-bond acceptors (Lipinski definition) is 4. The number of halogens is 2. The lowest BCUT2D eigenvalue weighted by molar-refractivity contribution is -0.130. The number of esters is 1. The lowest BCUT2D eigenvalue weighted by Crippen LogP contribution is -2.47. The Morgan fingerprint density at radius 2 is 1.81 bits per heavy atom. The van der Waals surface area contributed by atoms with E-state index in [0.717, 1.165) is 19.3 Å². The van der Waals surface area contributed by atoms with Crippen LogP contribution in [0.4, 0.5) is 8.78 Å². The van der Waals surface area contributed by atoms with Crippen molar-refractivity contribution in [1.82, 2.24) is 5.32 Å². The van der Waals surface area contributed by atoms with E-state index in [0.29, 0.717) is 11.8 Å². The number of ether oxygens (including phenoxy) is 2. The molecule has 0 saturated heterocycles. The fourth-order valence-electron chi connectivity index (χ4n) is 3.14. The minimum Gasteiger partial charge on any atom is -0.449 e. The van der Waals surface area contributed by atoms with Crippen molar-refractivity contribution in [3.05, 3.63) is 29.8 Å². The van der Waals surface area contributed by atoms with Gasteiger partial charge in [0, 0.05) is 6.04 Å². The van der Waals surface area contributed by atoms with Gasteiger partial charge in [-0.3, -0.25) is 4.79 Å². The summed E-state index contributed by atoms with van der Waals surface area (Å²) in [7, 11) is 0. The van der Waals surface area contributed by atoms with Crippen molar-refractivity contribution in [1.29, 1.82) is 0 Å². The Bertz CT molecular complexity index is 620. The Morgan fingerprint density at radius 3 is 2.42 bits per heavy atom. The summed E-state index contributed by atoms with van der Waals surface area (Å²) in [5, 5.41) is 2.97. The van der Waals surface area contributed by atoms with Crippen LogP contribution in [0.1, 0.15) is 50.4 Å². The van der Waals surface area contributed by atoms with Crippen molar-refractivity contribution >= 4 is 11.9 Å². The summed E-state index contributed by atoms with van der Waals surface area (Å²) in [6, 6.07) is 5.21. The van der Waals surface area contributed by atoms with Crippen LogP contribution < -0.4 is 10.1 Å². The second kappa shape index (κ2) is 8.96. The normalized spacial score (nSPS) is 24.0. The lowest BCUT2D eigenvalue weighted by Gasteiger charge is -2.35. The topological polar surface area (TPSA) is 64.6 Å². The van der Waals surface area contributed by atoms with Gasteiger partial charge < -0.3 is 14.8 Å². The molecule has 144 valence electrons. The molecule has 1 fully saturated rings. The first kappa shape index (κ1) is 20.1. The van der Waals surface area contributed by atoms with Crippen LogP contribution in [0.15, 0.2) is 24.3 Å². The van der Waals surface area contributed by atoms with Crippen LogP contribution in [-0.2, 0) is 9.53 Å². The molecule has 1 saturated carbocycles. The maximum atomic E-state index is 12.3. The molecule has 1 amide bonds. The molecule has 0 radical (unpaired) electrons. The van der Waals surface area contributed by atoms with E-state index in [1.54, 1.807) is 0 Å². The first-order valence-electron chi connectivity index (χ1n) is 8.84. The van der Waals surface area contributed by atoms with Crippen molar-refractivity contribution in [2.45, 2.75) is 58.8 Å². The fraction of sp³-hybridized carbons (Fsp3) is 0.579. The number of hydrogen-bond donors (Lipinski definition) is 1. The maximum absolute atomic E-state index is 12.3. The maximum Gasteiger partial charge on any atom is 0.387 e. The minimum absolute atomic E-state index is 0.0530. The van der Waals surface area contributed by atoms with Gasteiger partial charge in [-0.05, 0) is 49.4 Å². The molecule has 1 aliphatic rings. The fourth-order valence-corrected chi connectivity index (χ4v) is 3.14. The highest BCUT2D eigenvalue weighted by molar-refractivity contribution is 5.92. The van der Waals surface area contributed by atoms with Gasteiger partial charge in [0.25, 0.3) is 5.91 Å². The molecule has 0 unspecified atom stereocenters. The molecular weight excluding hydrogens is 344 g/mol. The van der Waals surface area contributed by atoms with E-state index in [1.807, 2.05) is 0 Å². The molecule has 2 rings (SSSR count). The Labute approximate surface area is 152 Å². The standard InChI is InChI=1S/C19H25F2NO4/c1-11-5-4-6-16(12(11)2)22-17(23)13(3)25-18(24)14-7-9-15(10-8-14)26-19(20)21/h7-13,16,19H,4-6H2,1-3H3,(H,22,23)/t11-,12-,13-,16-/m1/s1. The summed E-state index contributed by atoms with van der Waals surface area (Å²) in [6.07, 6.45) is 2.20. The molecular formula is C19H25F2NO4. The minimum atomic E-state index is -2.93. The number of nitrogens with one attached hydrogen (secondary N) is 1. The Morgan fingerprint density at radius 1 is 1.15 bits per heavy atom. The highest BCUT2D eigenvalue weighted by atomic mass is 19.3. The van der Waals surface area contributed by atoms with Gasteiger partial charge in [0.1, 0.15) is 5.75 Å². The van der Waals surface area contributed by atoms with E-state index in [9.17, 15) is 18.4 Å². The first-order valence-corrected chi connectivity index (χ1v) is 8.84. The molecule has 0 spiro atoms. The van der Waals surface area contributed by atoms with Gasteiger partial charge in [-0.15, -0.1) is 0 Å². The molecule has 1 aromatic carbocycles. The zero-order chi connectivity index (χ0) is 19.3. The van der Waals surface area contributed by atoms with Gasteiger partial charge in [-0.25, -0.2) is 4.79 Å². The Kier molecular flexibility index (Phi) is 6.94.